The standard InChI is InChI=1S/C12H18N2O2/c1-2-11(9-15)14-12(16)4-3-10-5-7-13-8-6-10/h5-8,11,15H,2-4,9H2,1H3,(H,14,16)/t11-/m1/s1. The molecule has 1 rings (SSSR count). The average Bonchev–Trinajstić information content (AvgIpc) is 2.34. The third-order valence-electron chi connectivity index (χ3n) is 2.47. The van der Waals surface area contributed by atoms with Crippen molar-refractivity contribution in [1.82, 2.24) is 10.3 Å². The monoisotopic (exact) mass is 222 g/mol. The average molecular weight is 222 g/mol. The maximum Gasteiger partial charge on any atom is 0.220 e. The Hall–Kier alpha value is -1.42. The first-order valence-corrected chi connectivity index (χ1v) is 5.55. The number of aliphatic hydroxyl groups excluding tert-OH is 1. The molecular weight excluding hydrogens is 204 g/mol. The highest BCUT2D eigenvalue weighted by Crippen LogP contribution is 2.01. The summed E-state index contributed by atoms with van der Waals surface area (Å²) in [5, 5.41) is 11.7. The van der Waals surface area contributed by atoms with E-state index in [-0.39, 0.29) is 18.6 Å². The molecule has 2 N–H and O–H groups in total. The van der Waals surface area contributed by atoms with Gasteiger partial charge in [0.25, 0.3) is 0 Å². The van der Waals surface area contributed by atoms with E-state index >= 15 is 0 Å². The van der Waals surface area contributed by atoms with Gasteiger partial charge in [0.2, 0.25) is 5.91 Å². The third kappa shape index (κ3) is 4.40. The Bertz CT molecular complexity index is 310. The molecule has 0 spiro atoms. The van der Waals surface area contributed by atoms with Gasteiger partial charge in [-0.15, -0.1) is 0 Å². The van der Waals surface area contributed by atoms with Crippen molar-refractivity contribution in [2.45, 2.75) is 32.2 Å². The number of carbonyl (C=O) groups is 1. The van der Waals surface area contributed by atoms with E-state index in [1.54, 1.807) is 12.4 Å². The lowest BCUT2D eigenvalue weighted by molar-refractivity contribution is -0.122. The summed E-state index contributed by atoms with van der Waals surface area (Å²) in [6, 6.07) is 3.68. The molecule has 0 aliphatic heterocycles. The quantitative estimate of drug-likeness (QED) is 0.751. The lowest BCUT2D eigenvalue weighted by Gasteiger charge is -2.13. The molecule has 0 radical (unpaired) electrons. The number of amides is 1. The van der Waals surface area contributed by atoms with Crippen LogP contribution in [0.3, 0.4) is 0 Å². The van der Waals surface area contributed by atoms with Gasteiger partial charge in [-0.05, 0) is 30.5 Å². The molecule has 0 saturated carbocycles. The SMILES string of the molecule is CC[C@H](CO)NC(=O)CCc1ccncc1. The van der Waals surface area contributed by atoms with Gasteiger partial charge in [-0.3, -0.25) is 9.78 Å². The number of pyridine rings is 1. The van der Waals surface area contributed by atoms with Crippen molar-refractivity contribution in [1.29, 1.82) is 0 Å². The molecule has 4 nitrogen and oxygen atoms in total. The van der Waals surface area contributed by atoms with E-state index in [1.165, 1.54) is 0 Å². The van der Waals surface area contributed by atoms with E-state index < -0.39 is 0 Å². The van der Waals surface area contributed by atoms with Crippen molar-refractivity contribution in [3.05, 3.63) is 30.1 Å². The Morgan fingerprint density at radius 3 is 2.75 bits per heavy atom. The van der Waals surface area contributed by atoms with Gasteiger partial charge in [0, 0.05) is 18.8 Å². The van der Waals surface area contributed by atoms with E-state index in [1.807, 2.05) is 19.1 Å². The molecule has 0 unspecified atom stereocenters. The number of nitrogens with zero attached hydrogens (tertiary/aromatic N) is 1. The Morgan fingerprint density at radius 2 is 2.19 bits per heavy atom. The van der Waals surface area contributed by atoms with Crippen molar-refractivity contribution in [3.63, 3.8) is 0 Å². The lowest BCUT2D eigenvalue weighted by Crippen LogP contribution is -2.36. The van der Waals surface area contributed by atoms with Crippen LogP contribution in [-0.4, -0.2) is 28.6 Å². The molecule has 1 aromatic rings. The van der Waals surface area contributed by atoms with E-state index in [4.69, 9.17) is 5.11 Å². The first-order valence-electron chi connectivity index (χ1n) is 5.55. The van der Waals surface area contributed by atoms with Gasteiger partial charge < -0.3 is 10.4 Å². The minimum Gasteiger partial charge on any atom is -0.394 e. The van der Waals surface area contributed by atoms with Gasteiger partial charge in [-0.2, -0.15) is 0 Å². The van der Waals surface area contributed by atoms with E-state index in [0.29, 0.717) is 12.8 Å². The second kappa shape index (κ2) is 6.95. The number of aromatic nitrogens is 1. The molecule has 0 aromatic carbocycles. The van der Waals surface area contributed by atoms with Gasteiger partial charge in [0.05, 0.1) is 12.6 Å². The number of nitrogens with one attached hydrogen (secondary N) is 1. The van der Waals surface area contributed by atoms with Crippen molar-refractivity contribution in [2.24, 2.45) is 0 Å². The fourth-order valence-electron chi connectivity index (χ4n) is 1.38. The highest BCUT2D eigenvalue weighted by Gasteiger charge is 2.08. The third-order valence-corrected chi connectivity index (χ3v) is 2.47. The number of aliphatic hydroxyl groups is 1. The number of aryl methyl sites for hydroxylation is 1. The van der Waals surface area contributed by atoms with Crippen LogP contribution in [0.5, 0.6) is 0 Å². The topological polar surface area (TPSA) is 62.2 Å². The summed E-state index contributed by atoms with van der Waals surface area (Å²) in [4.78, 5) is 15.4. The summed E-state index contributed by atoms with van der Waals surface area (Å²) < 4.78 is 0. The fraction of sp³-hybridized carbons (Fsp3) is 0.500. The minimum atomic E-state index is -0.120. The molecule has 0 aliphatic carbocycles. The molecule has 0 fully saturated rings. The van der Waals surface area contributed by atoms with E-state index in [9.17, 15) is 4.79 Å². The normalized spacial score (nSPS) is 12.1. The van der Waals surface area contributed by atoms with Crippen LogP contribution < -0.4 is 5.32 Å². The summed E-state index contributed by atoms with van der Waals surface area (Å²) in [5.74, 6) is -0.0160. The zero-order chi connectivity index (χ0) is 11.8. The van der Waals surface area contributed by atoms with Crippen LogP contribution in [0.4, 0.5) is 0 Å². The molecule has 16 heavy (non-hydrogen) atoms. The summed E-state index contributed by atoms with van der Waals surface area (Å²) >= 11 is 0. The Labute approximate surface area is 95.7 Å². The van der Waals surface area contributed by atoms with Crippen molar-refractivity contribution < 1.29 is 9.90 Å². The predicted molar refractivity (Wildman–Crippen MR) is 61.9 cm³/mol. The molecule has 1 aromatic heterocycles. The highest BCUT2D eigenvalue weighted by molar-refractivity contribution is 5.76. The molecule has 1 atom stereocenters. The maximum absolute atomic E-state index is 11.5. The first-order chi connectivity index (χ1) is 7.76. The summed E-state index contributed by atoms with van der Waals surface area (Å²) in [7, 11) is 0. The zero-order valence-corrected chi connectivity index (χ0v) is 9.52. The summed E-state index contributed by atoms with van der Waals surface area (Å²) in [5.41, 5.74) is 1.10. The minimum absolute atomic E-state index is 0.00248. The molecule has 4 heteroatoms. The van der Waals surface area contributed by atoms with Crippen LogP contribution in [0.25, 0.3) is 0 Å². The number of rotatable bonds is 6. The highest BCUT2D eigenvalue weighted by atomic mass is 16.3. The van der Waals surface area contributed by atoms with Crippen molar-refractivity contribution in [3.8, 4) is 0 Å². The second-order valence-corrected chi connectivity index (χ2v) is 3.71. The molecule has 0 aliphatic rings. The number of carbonyl (C=O) groups excluding carboxylic acids is 1. The van der Waals surface area contributed by atoms with Gasteiger partial charge in [0.1, 0.15) is 0 Å². The summed E-state index contributed by atoms with van der Waals surface area (Å²) in [6.07, 6.45) is 5.33. The van der Waals surface area contributed by atoms with Crippen LogP contribution in [0, 0.1) is 0 Å². The molecular formula is C12H18N2O2. The number of hydrogen-bond donors (Lipinski definition) is 2. The van der Waals surface area contributed by atoms with Crippen LogP contribution in [0.15, 0.2) is 24.5 Å². The Balaban J connectivity index is 2.30. The van der Waals surface area contributed by atoms with Gasteiger partial charge >= 0.3 is 0 Å². The van der Waals surface area contributed by atoms with Crippen molar-refractivity contribution >= 4 is 5.91 Å². The van der Waals surface area contributed by atoms with Crippen LogP contribution in [0.2, 0.25) is 0 Å². The van der Waals surface area contributed by atoms with E-state index in [0.717, 1.165) is 12.0 Å². The second-order valence-electron chi connectivity index (χ2n) is 3.71. The first kappa shape index (κ1) is 12.6. The van der Waals surface area contributed by atoms with E-state index in [2.05, 4.69) is 10.3 Å². The molecule has 1 heterocycles. The number of hydrogen-bond acceptors (Lipinski definition) is 3. The Morgan fingerprint density at radius 1 is 1.50 bits per heavy atom. The largest absolute Gasteiger partial charge is 0.394 e. The maximum atomic E-state index is 11.5. The Kier molecular flexibility index (Phi) is 5.50. The summed E-state index contributed by atoms with van der Waals surface area (Å²) in [6.45, 7) is 1.93. The predicted octanol–water partition coefficient (Wildman–Crippen LogP) is 0.901. The lowest BCUT2D eigenvalue weighted by atomic mass is 10.1. The molecule has 1 amide bonds. The van der Waals surface area contributed by atoms with Gasteiger partial charge in [0.15, 0.2) is 0 Å². The zero-order valence-electron chi connectivity index (χ0n) is 9.52. The van der Waals surface area contributed by atoms with Crippen LogP contribution in [0.1, 0.15) is 25.3 Å². The van der Waals surface area contributed by atoms with Crippen LogP contribution >= 0.6 is 0 Å². The van der Waals surface area contributed by atoms with Gasteiger partial charge in [-0.1, -0.05) is 6.92 Å². The van der Waals surface area contributed by atoms with Crippen LogP contribution in [-0.2, 0) is 11.2 Å². The van der Waals surface area contributed by atoms with Gasteiger partial charge in [-0.25, -0.2) is 0 Å². The molecule has 88 valence electrons. The molecule has 0 bridgehead atoms. The molecule has 0 saturated heterocycles. The van der Waals surface area contributed by atoms with Crippen molar-refractivity contribution in [2.75, 3.05) is 6.61 Å². The smallest absolute Gasteiger partial charge is 0.220 e. The fourth-order valence-corrected chi connectivity index (χ4v) is 1.38.